The largest absolute Gasteiger partial charge is 0.502 e. The van der Waals surface area contributed by atoms with Gasteiger partial charge in [-0.2, -0.15) is 0 Å². The Labute approximate surface area is 104 Å². The van der Waals surface area contributed by atoms with Crippen molar-refractivity contribution in [3.8, 4) is 5.75 Å². The lowest BCUT2D eigenvalue weighted by molar-refractivity contribution is -0.386. The number of phenolic OH excluding ortho intramolecular Hbond substituents is 1. The minimum atomic E-state index is -3.82. The number of aromatic hydroxyl groups is 1. The fraction of sp³-hybridized carbons (Fsp3) is 0.200. The Bertz CT molecular complexity index is 568. The minimum Gasteiger partial charge on any atom is -0.502 e. The highest BCUT2D eigenvalue weighted by Gasteiger charge is 2.20. The van der Waals surface area contributed by atoms with Gasteiger partial charge in [0.2, 0.25) is 10.0 Å². The summed E-state index contributed by atoms with van der Waals surface area (Å²) in [4.78, 5) is 9.46. The van der Waals surface area contributed by atoms with Crippen LogP contribution in [-0.2, 0) is 10.0 Å². The first-order chi connectivity index (χ1) is 8.38. The maximum Gasteiger partial charge on any atom is 0.312 e. The van der Waals surface area contributed by atoms with Crippen LogP contribution in [0.25, 0.3) is 0 Å². The molecule has 0 aliphatic heterocycles. The van der Waals surface area contributed by atoms with Crippen molar-refractivity contribution in [2.45, 2.75) is 11.3 Å². The molecule has 1 aromatic rings. The molecule has 0 fully saturated rings. The summed E-state index contributed by atoms with van der Waals surface area (Å²) in [6.45, 7) is 3.60. The van der Waals surface area contributed by atoms with Crippen molar-refractivity contribution in [1.29, 1.82) is 0 Å². The van der Waals surface area contributed by atoms with E-state index in [0.717, 1.165) is 18.2 Å². The van der Waals surface area contributed by atoms with Crippen molar-refractivity contribution in [2.24, 2.45) is 0 Å². The Morgan fingerprint density at radius 2 is 2.17 bits per heavy atom. The molecule has 98 valence electrons. The molecular weight excluding hydrogens is 260 g/mol. The number of rotatable bonds is 6. The highest BCUT2D eigenvalue weighted by Crippen LogP contribution is 2.27. The van der Waals surface area contributed by atoms with Gasteiger partial charge < -0.3 is 5.11 Å². The average Bonchev–Trinajstić information content (AvgIpc) is 2.29. The van der Waals surface area contributed by atoms with Crippen LogP contribution in [0.5, 0.6) is 5.75 Å². The maximum atomic E-state index is 11.7. The van der Waals surface area contributed by atoms with Gasteiger partial charge in [-0.25, -0.2) is 13.1 Å². The Morgan fingerprint density at radius 3 is 2.72 bits per heavy atom. The highest BCUT2D eigenvalue weighted by molar-refractivity contribution is 7.89. The number of benzene rings is 1. The van der Waals surface area contributed by atoms with Crippen LogP contribution in [0.1, 0.15) is 6.42 Å². The van der Waals surface area contributed by atoms with Gasteiger partial charge in [0.1, 0.15) is 0 Å². The van der Waals surface area contributed by atoms with Crippen molar-refractivity contribution in [3.05, 3.63) is 41.0 Å². The Balaban J connectivity index is 3.06. The molecule has 0 radical (unpaired) electrons. The van der Waals surface area contributed by atoms with E-state index in [1.54, 1.807) is 6.08 Å². The second-order valence-corrected chi connectivity index (χ2v) is 5.15. The molecule has 0 bridgehead atoms. The van der Waals surface area contributed by atoms with Gasteiger partial charge in [-0.05, 0) is 18.6 Å². The molecule has 0 saturated carbocycles. The molecule has 0 saturated heterocycles. The van der Waals surface area contributed by atoms with E-state index in [1.807, 2.05) is 0 Å². The number of nitrogens with zero attached hydrogens (tertiary/aromatic N) is 1. The topological polar surface area (TPSA) is 110 Å². The summed E-state index contributed by atoms with van der Waals surface area (Å²) >= 11 is 0. The van der Waals surface area contributed by atoms with Crippen molar-refractivity contribution < 1.29 is 18.4 Å². The summed E-state index contributed by atoms with van der Waals surface area (Å²) in [5.41, 5.74) is -0.651. The summed E-state index contributed by atoms with van der Waals surface area (Å²) < 4.78 is 25.7. The third kappa shape index (κ3) is 3.28. The third-order valence-corrected chi connectivity index (χ3v) is 3.55. The van der Waals surface area contributed by atoms with E-state index in [-0.39, 0.29) is 11.4 Å². The third-order valence-electron chi connectivity index (χ3n) is 2.09. The fourth-order valence-electron chi connectivity index (χ4n) is 1.20. The predicted octanol–water partition coefficient (Wildman–Crippen LogP) is 1.15. The number of sulfonamides is 1. The Kier molecular flexibility index (Phi) is 4.40. The molecule has 0 aromatic heterocycles. The van der Waals surface area contributed by atoms with Crippen LogP contribution in [-0.4, -0.2) is 25.0 Å². The summed E-state index contributed by atoms with van der Waals surface area (Å²) in [6, 6.07) is 2.88. The zero-order valence-corrected chi connectivity index (χ0v) is 10.2. The average molecular weight is 272 g/mol. The second kappa shape index (κ2) is 5.61. The van der Waals surface area contributed by atoms with E-state index in [4.69, 9.17) is 0 Å². The molecule has 0 amide bonds. The molecule has 0 heterocycles. The summed E-state index contributed by atoms with van der Waals surface area (Å²) in [5, 5.41) is 19.8. The zero-order valence-electron chi connectivity index (χ0n) is 9.37. The molecule has 1 aromatic carbocycles. The lowest BCUT2D eigenvalue weighted by Gasteiger charge is -2.05. The summed E-state index contributed by atoms with van der Waals surface area (Å²) in [6.07, 6.45) is 1.99. The van der Waals surface area contributed by atoms with Gasteiger partial charge in [0.25, 0.3) is 0 Å². The summed E-state index contributed by atoms with van der Waals surface area (Å²) in [7, 11) is -3.82. The number of phenols is 1. The highest BCUT2D eigenvalue weighted by atomic mass is 32.2. The monoisotopic (exact) mass is 272 g/mol. The predicted molar refractivity (Wildman–Crippen MR) is 64.8 cm³/mol. The van der Waals surface area contributed by atoms with Crippen LogP contribution >= 0.6 is 0 Å². The van der Waals surface area contributed by atoms with Crippen LogP contribution in [0.2, 0.25) is 0 Å². The molecule has 18 heavy (non-hydrogen) atoms. The van der Waals surface area contributed by atoms with E-state index in [1.165, 1.54) is 0 Å². The molecule has 0 unspecified atom stereocenters. The van der Waals surface area contributed by atoms with Crippen LogP contribution in [0, 0.1) is 10.1 Å². The van der Waals surface area contributed by atoms with Gasteiger partial charge in [0, 0.05) is 12.6 Å². The molecule has 1 rings (SSSR count). The van der Waals surface area contributed by atoms with Crippen LogP contribution in [0.4, 0.5) is 5.69 Å². The SMILES string of the molecule is C=CCCNS(=O)(=O)c1ccc(O)c([N+](=O)[O-])c1. The minimum absolute atomic E-state index is 0.153. The van der Waals surface area contributed by atoms with Crippen LogP contribution < -0.4 is 4.72 Å². The first kappa shape index (κ1) is 14.1. The van der Waals surface area contributed by atoms with Crippen molar-refractivity contribution in [2.75, 3.05) is 6.54 Å². The molecule has 7 nitrogen and oxygen atoms in total. The fourth-order valence-corrected chi connectivity index (χ4v) is 2.26. The standard InChI is InChI=1S/C10H12N2O5S/c1-2-3-6-11-18(16,17)8-4-5-10(13)9(7-8)12(14)15/h2,4-5,7,11,13H,1,3,6H2. The lowest BCUT2D eigenvalue weighted by Crippen LogP contribution is -2.24. The van der Waals surface area contributed by atoms with E-state index < -0.39 is 26.4 Å². The van der Waals surface area contributed by atoms with Gasteiger partial charge in [-0.1, -0.05) is 6.08 Å². The van der Waals surface area contributed by atoms with E-state index in [9.17, 15) is 23.6 Å². The van der Waals surface area contributed by atoms with E-state index >= 15 is 0 Å². The van der Waals surface area contributed by atoms with Crippen LogP contribution in [0.3, 0.4) is 0 Å². The molecule has 8 heteroatoms. The second-order valence-electron chi connectivity index (χ2n) is 3.38. The first-order valence-electron chi connectivity index (χ1n) is 4.96. The Hall–Kier alpha value is -1.93. The lowest BCUT2D eigenvalue weighted by atomic mass is 10.3. The van der Waals surface area contributed by atoms with Gasteiger partial charge >= 0.3 is 5.69 Å². The van der Waals surface area contributed by atoms with Crippen LogP contribution in [0.15, 0.2) is 35.7 Å². The molecule has 2 N–H and O–H groups in total. The molecular formula is C10H12N2O5S. The number of nitrogens with one attached hydrogen (secondary N) is 1. The van der Waals surface area contributed by atoms with Crippen molar-refractivity contribution >= 4 is 15.7 Å². The summed E-state index contributed by atoms with van der Waals surface area (Å²) in [5.74, 6) is -0.579. The smallest absolute Gasteiger partial charge is 0.312 e. The maximum absolute atomic E-state index is 11.7. The van der Waals surface area contributed by atoms with Crippen molar-refractivity contribution in [3.63, 3.8) is 0 Å². The first-order valence-corrected chi connectivity index (χ1v) is 6.45. The number of nitro benzene ring substituents is 1. The molecule has 0 atom stereocenters. The van der Waals surface area contributed by atoms with E-state index in [2.05, 4.69) is 11.3 Å². The Morgan fingerprint density at radius 1 is 1.50 bits per heavy atom. The molecule has 0 spiro atoms. The van der Waals surface area contributed by atoms with Gasteiger partial charge in [0.15, 0.2) is 5.75 Å². The van der Waals surface area contributed by atoms with Gasteiger partial charge in [0.05, 0.1) is 9.82 Å². The molecule has 0 aliphatic rings. The molecule has 0 aliphatic carbocycles. The number of hydrogen-bond acceptors (Lipinski definition) is 5. The number of hydrogen-bond donors (Lipinski definition) is 2. The number of nitro groups is 1. The van der Waals surface area contributed by atoms with E-state index in [0.29, 0.717) is 6.42 Å². The van der Waals surface area contributed by atoms with Crippen molar-refractivity contribution in [1.82, 2.24) is 4.72 Å². The van der Waals surface area contributed by atoms with Gasteiger partial charge in [-0.3, -0.25) is 10.1 Å². The normalized spacial score (nSPS) is 11.1. The zero-order chi connectivity index (χ0) is 13.8. The quantitative estimate of drug-likeness (QED) is 0.349. The van der Waals surface area contributed by atoms with Gasteiger partial charge in [-0.15, -0.1) is 6.58 Å².